The summed E-state index contributed by atoms with van der Waals surface area (Å²) < 4.78 is 59.2. The lowest BCUT2D eigenvalue weighted by Crippen LogP contribution is -2.38. The number of hydrogen-bond acceptors (Lipinski definition) is 3. The minimum Gasteiger partial charge on any atom is -0.454 e. The zero-order chi connectivity index (χ0) is 13.2. The molecular weight excluding hydrogens is 254 g/mol. The van der Waals surface area contributed by atoms with Gasteiger partial charge >= 0.3 is 12.3 Å². The fraction of sp³-hybridized carbons (Fsp3) is 0.455. The second-order valence-electron chi connectivity index (χ2n) is 3.85. The molecule has 2 rings (SSSR count). The molecule has 1 aromatic rings. The number of halogens is 4. The van der Waals surface area contributed by atoms with Crippen molar-refractivity contribution in [1.29, 1.82) is 0 Å². The van der Waals surface area contributed by atoms with Crippen molar-refractivity contribution in [2.45, 2.75) is 18.9 Å². The highest BCUT2D eigenvalue weighted by atomic mass is 19.3. The molecule has 0 amide bonds. The fourth-order valence-electron chi connectivity index (χ4n) is 1.50. The quantitative estimate of drug-likeness (QED) is 0.829. The summed E-state index contributed by atoms with van der Waals surface area (Å²) in [5.41, 5.74) is 0.657. The molecule has 0 bridgehead atoms. The van der Waals surface area contributed by atoms with E-state index in [2.05, 4.69) is 5.32 Å². The van der Waals surface area contributed by atoms with Gasteiger partial charge in [0.25, 0.3) is 0 Å². The second-order valence-corrected chi connectivity index (χ2v) is 3.85. The highest BCUT2D eigenvalue weighted by molar-refractivity contribution is 5.44. The van der Waals surface area contributed by atoms with E-state index < -0.39 is 18.9 Å². The summed E-state index contributed by atoms with van der Waals surface area (Å²) in [5.74, 6) is -2.91. The highest BCUT2D eigenvalue weighted by Gasteiger charge is 2.39. The molecule has 0 atom stereocenters. The van der Waals surface area contributed by atoms with Crippen molar-refractivity contribution < 1.29 is 27.0 Å². The first-order valence-electron chi connectivity index (χ1n) is 5.24. The van der Waals surface area contributed by atoms with Gasteiger partial charge in [0, 0.05) is 6.54 Å². The van der Waals surface area contributed by atoms with Crippen LogP contribution in [0.15, 0.2) is 18.2 Å². The van der Waals surface area contributed by atoms with Gasteiger partial charge in [0.2, 0.25) is 6.79 Å². The number of fused-ring (bicyclic) bond motifs is 1. The third kappa shape index (κ3) is 2.84. The molecule has 0 unspecified atom stereocenters. The molecule has 1 aliphatic rings. The monoisotopic (exact) mass is 265 g/mol. The van der Waals surface area contributed by atoms with Crippen LogP contribution in [0.5, 0.6) is 11.5 Å². The summed E-state index contributed by atoms with van der Waals surface area (Å²) in [4.78, 5) is 0. The van der Waals surface area contributed by atoms with Crippen LogP contribution in [0.3, 0.4) is 0 Å². The summed E-state index contributed by atoms with van der Waals surface area (Å²) in [6, 6.07) is 4.92. The van der Waals surface area contributed by atoms with Crippen molar-refractivity contribution in [3.8, 4) is 11.5 Å². The zero-order valence-corrected chi connectivity index (χ0v) is 9.26. The van der Waals surface area contributed by atoms with Crippen molar-refractivity contribution in [3.05, 3.63) is 23.8 Å². The molecule has 0 spiro atoms. The molecule has 0 saturated heterocycles. The molecule has 100 valence electrons. The predicted octanol–water partition coefficient (Wildman–Crippen LogP) is 2.41. The van der Waals surface area contributed by atoms with Crippen LogP contribution in [0.1, 0.15) is 5.56 Å². The molecule has 3 nitrogen and oxygen atoms in total. The van der Waals surface area contributed by atoms with Crippen molar-refractivity contribution in [1.82, 2.24) is 5.32 Å². The molecule has 0 saturated carbocycles. The molecule has 1 aliphatic heterocycles. The summed E-state index contributed by atoms with van der Waals surface area (Å²) in [7, 11) is 0. The Morgan fingerprint density at radius 2 is 1.94 bits per heavy atom. The van der Waals surface area contributed by atoms with Gasteiger partial charge in [0.1, 0.15) is 0 Å². The SMILES string of the molecule is FC(F)C(F)(F)CNCc1ccc2c(c1)OCO2. The summed E-state index contributed by atoms with van der Waals surface area (Å²) in [6.45, 7) is -0.895. The minimum atomic E-state index is -4.02. The molecule has 18 heavy (non-hydrogen) atoms. The van der Waals surface area contributed by atoms with Gasteiger partial charge in [-0.1, -0.05) is 6.07 Å². The number of rotatable bonds is 5. The Labute approximate surface area is 101 Å². The number of benzene rings is 1. The predicted molar refractivity (Wildman–Crippen MR) is 55.2 cm³/mol. The smallest absolute Gasteiger partial charge is 0.319 e. The molecule has 1 N–H and O–H groups in total. The van der Waals surface area contributed by atoms with Crippen LogP contribution >= 0.6 is 0 Å². The van der Waals surface area contributed by atoms with E-state index >= 15 is 0 Å². The lowest BCUT2D eigenvalue weighted by Gasteiger charge is -2.15. The van der Waals surface area contributed by atoms with Crippen LogP contribution in [0.4, 0.5) is 17.6 Å². The summed E-state index contributed by atoms with van der Waals surface area (Å²) in [6.07, 6.45) is -3.67. The van der Waals surface area contributed by atoms with E-state index in [1.54, 1.807) is 18.2 Å². The van der Waals surface area contributed by atoms with Crippen LogP contribution in [0.25, 0.3) is 0 Å². The first-order chi connectivity index (χ1) is 8.49. The van der Waals surface area contributed by atoms with Gasteiger partial charge in [0.15, 0.2) is 11.5 Å². The topological polar surface area (TPSA) is 30.5 Å². The Kier molecular flexibility index (Phi) is 3.60. The maximum Gasteiger partial charge on any atom is 0.319 e. The molecular formula is C11H11F4NO2. The maximum absolute atomic E-state index is 12.6. The standard InChI is InChI=1S/C11H11F4NO2/c12-10(13)11(14,15)5-16-4-7-1-2-8-9(3-7)18-6-17-8/h1-3,10,16H,4-6H2. The van der Waals surface area contributed by atoms with Gasteiger partial charge in [-0.05, 0) is 17.7 Å². The van der Waals surface area contributed by atoms with E-state index in [9.17, 15) is 17.6 Å². The van der Waals surface area contributed by atoms with E-state index in [4.69, 9.17) is 9.47 Å². The fourth-order valence-corrected chi connectivity index (χ4v) is 1.50. The normalized spacial score (nSPS) is 14.3. The second kappa shape index (κ2) is 5.01. The van der Waals surface area contributed by atoms with Gasteiger partial charge in [0.05, 0.1) is 6.54 Å². The van der Waals surface area contributed by atoms with E-state index in [0.29, 0.717) is 17.1 Å². The maximum atomic E-state index is 12.6. The summed E-state index contributed by atoms with van der Waals surface area (Å²) >= 11 is 0. The molecule has 0 aromatic heterocycles. The van der Waals surface area contributed by atoms with Gasteiger partial charge < -0.3 is 14.8 Å². The van der Waals surface area contributed by atoms with E-state index in [-0.39, 0.29) is 13.3 Å². The van der Waals surface area contributed by atoms with Crippen LogP contribution in [0, 0.1) is 0 Å². The molecule has 0 radical (unpaired) electrons. The van der Waals surface area contributed by atoms with Gasteiger partial charge in [-0.3, -0.25) is 0 Å². The number of alkyl halides is 4. The zero-order valence-electron chi connectivity index (χ0n) is 9.26. The van der Waals surface area contributed by atoms with E-state index in [1.165, 1.54) is 0 Å². The Hall–Kier alpha value is -1.50. The van der Waals surface area contributed by atoms with Crippen LogP contribution < -0.4 is 14.8 Å². The van der Waals surface area contributed by atoms with Crippen molar-refractivity contribution >= 4 is 0 Å². The van der Waals surface area contributed by atoms with E-state index in [0.717, 1.165) is 0 Å². The van der Waals surface area contributed by atoms with Crippen LogP contribution in [0.2, 0.25) is 0 Å². The third-order valence-electron chi connectivity index (χ3n) is 2.45. The largest absolute Gasteiger partial charge is 0.454 e. The van der Waals surface area contributed by atoms with Crippen molar-refractivity contribution in [2.75, 3.05) is 13.3 Å². The Morgan fingerprint density at radius 3 is 2.67 bits per heavy atom. The molecule has 1 heterocycles. The third-order valence-corrected chi connectivity index (χ3v) is 2.45. The van der Waals surface area contributed by atoms with Gasteiger partial charge in [-0.25, -0.2) is 8.78 Å². The average Bonchev–Trinajstić information content (AvgIpc) is 2.75. The Balaban J connectivity index is 1.87. The highest BCUT2D eigenvalue weighted by Crippen LogP contribution is 2.32. The van der Waals surface area contributed by atoms with Gasteiger partial charge in [-0.2, -0.15) is 8.78 Å². The molecule has 0 aliphatic carbocycles. The molecule has 0 fully saturated rings. The first kappa shape index (κ1) is 12.9. The summed E-state index contributed by atoms with van der Waals surface area (Å²) in [5, 5.41) is 2.29. The van der Waals surface area contributed by atoms with Gasteiger partial charge in [-0.15, -0.1) is 0 Å². The molecule has 1 aromatic carbocycles. The van der Waals surface area contributed by atoms with Crippen molar-refractivity contribution in [3.63, 3.8) is 0 Å². The number of ether oxygens (including phenoxy) is 2. The lowest BCUT2D eigenvalue weighted by atomic mass is 10.2. The number of hydrogen-bond donors (Lipinski definition) is 1. The number of nitrogens with one attached hydrogen (secondary N) is 1. The van der Waals surface area contributed by atoms with Crippen LogP contribution in [-0.2, 0) is 6.54 Å². The Bertz CT molecular complexity index is 426. The Morgan fingerprint density at radius 1 is 1.22 bits per heavy atom. The first-order valence-corrected chi connectivity index (χ1v) is 5.24. The van der Waals surface area contributed by atoms with Crippen LogP contribution in [-0.4, -0.2) is 25.7 Å². The average molecular weight is 265 g/mol. The lowest BCUT2D eigenvalue weighted by molar-refractivity contribution is -0.125. The minimum absolute atomic E-state index is 0.0545. The van der Waals surface area contributed by atoms with Crippen molar-refractivity contribution in [2.24, 2.45) is 0 Å². The molecule has 7 heteroatoms. The van der Waals surface area contributed by atoms with E-state index in [1.807, 2.05) is 0 Å².